The molecular weight excluding hydrogens is 681 g/mol. The van der Waals surface area contributed by atoms with Gasteiger partial charge in [-0.3, -0.25) is 4.79 Å². The average molecular weight is 711 g/mol. The van der Waals surface area contributed by atoms with Crippen molar-refractivity contribution in [1.82, 2.24) is 0 Å². The number of ether oxygens (including phenoxy) is 1. The maximum atomic E-state index is 13.4. The van der Waals surface area contributed by atoms with Crippen LogP contribution in [-0.2, 0) is 0 Å². The van der Waals surface area contributed by atoms with Crippen molar-refractivity contribution < 1.29 is 13.6 Å². The van der Waals surface area contributed by atoms with E-state index in [0.29, 0.717) is 21.9 Å². The van der Waals surface area contributed by atoms with Gasteiger partial charge in [-0.1, -0.05) is 97.1 Å². The second kappa shape index (κ2) is 12.3. The predicted molar refractivity (Wildman–Crippen MR) is 222 cm³/mol. The topological polar surface area (TPSA) is 59.1 Å². The van der Waals surface area contributed by atoms with Crippen molar-refractivity contribution in [3.63, 3.8) is 0 Å². The Labute approximate surface area is 315 Å². The van der Waals surface area contributed by atoms with Gasteiger partial charge in [0.2, 0.25) is 5.43 Å². The van der Waals surface area contributed by atoms with Crippen LogP contribution < -0.4 is 20.0 Å². The third kappa shape index (κ3) is 4.92. The van der Waals surface area contributed by atoms with Gasteiger partial charge in [-0.15, -0.1) is 0 Å². The number of hydrogen-bond donors (Lipinski definition) is 0. The number of nitrogens with zero attached hydrogens (tertiary/aromatic N) is 2. The van der Waals surface area contributed by atoms with Gasteiger partial charge < -0.3 is 23.4 Å². The second-order valence-corrected chi connectivity index (χ2v) is 13.6. The van der Waals surface area contributed by atoms with Crippen LogP contribution in [0.4, 0.5) is 34.1 Å². The Morgan fingerprint density at radius 1 is 0.455 bits per heavy atom. The van der Waals surface area contributed by atoms with Crippen LogP contribution in [0.1, 0.15) is 0 Å². The summed E-state index contributed by atoms with van der Waals surface area (Å²) < 4.78 is 19.6. The van der Waals surface area contributed by atoms with Crippen LogP contribution in [0.25, 0.3) is 55.0 Å². The van der Waals surface area contributed by atoms with Crippen molar-refractivity contribution in [2.45, 2.75) is 0 Å². The first-order valence-corrected chi connectivity index (χ1v) is 18.2. The number of para-hydroxylation sites is 7. The Hall–Kier alpha value is -7.57. The van der Waals surface area contributed by atoms with Gasteiger partial charge in [0.25, 0.3) is 0 Å². The van der Waals surface area contributed by atoms with Crippen molar-refractivity contribution >= 4 is 78.0 Å². The molecule has 0 atom stereocenters. The highest BCUT2D eigenvalue weighted by Crippen LogP contribution is 2.53. The molecule has 1 aliphatic rings. The molecule has 0 aliphatic carbocycles. The SMILES string of the molecule is O=c1c2ccccc2oc2c(-c3ccc(N4c5ccccc5Oc5cc(N(c6ccccc6)c6cccc7c6oc6ccccc67)ccc54)cc3)cccc12. The molecule has 0 amide bonds. The van der Waals surface area contributed by atoms with Crippen molar-refractivity contribution in [1.29, 1.82) is 0 Å². The maximum Gasteiger partial charge on any atom is 0.200 e. The van der Waals surface area contributed by atoms with Crippen molar-refractivity contribution in [2.24, 2.45) is 0 Å². The van der Waals surface area contributed by atoms with E-state index in [2.05, 4.69) is 94.7 Å². The number of rotatable bonds is 5. The van der Waals surface area contributed by atoms with Crippen LogP contribution in [0.15, 0.2) is 196 Å². The molecule has 0 radical (unpaired) electrons. The van der Waals surface area contributed by atoms with Crippen LogP contribution >= 0.6 is 0 Å². The lowest BCUT2D eigenvalue weighted by Gasteiger charge is -2.34. The van der Waals surface area contributed by atoms with Gasteiger partial charge in [0.15, 0.2) is 17.1 Å². The van der Waals surface area contributed by atoms with E-state index in [-0.39, 0.29) is 5.43 Å². The third-order valence-electron chi connectivity index (χ3n) is 10.4. The van der Waals surface area contributed by atoms with E-state index >= 15 is 0 Å². The van der Waals surface area contributed by atoms with Crippen LogP contribution in [-0.4, -0.2) is 0 Å². The second-order valence-electron chi connectivity index (χ2n) is 13.6. The molecule has 8 aromatic carbocycles. The van der Waals surface area contributed by atoms with Crippen molar-refractivity contribution in [3.05, 3.63) is 192 Å². The molecule has 260 valence electrons. The summed E-state index contributed by atoms with van der Waals surface area (Å²) in [6.07, 6.45) is 0. The first-order chi connectivity index (χ1) is 27.2. The van der Waals surface area contributed by atoms with Crippen LogP contribution in [0.5, 0.6) is 11.5 Å². The number of hydrogen-bond acceptors (Lipinski definition) is 6. The number of anilines is 6. The normalized spacial score (nSPS) is 12.2. The van der Waals surface area contributed by atoms with Gasteiger partial charge >= 0.3 is 0 Å². The molecule has 1 aliphatic heterocycles. The number of fused-ring (bicyclic) bond motifs is 7. The minimum absolute atomic E-state index is 0.0312. The minimum atomic E-state index is -0.0312. The monoisotopic (exact) mass is 710 g/mol. The zero-order valence-corrected chi connectivity index (χ0v) is 29.3. The third-order valence-corrected chi connectivity index (χ3v) is 10.4. The molecule has 10 aromatic rings. The molecule has 0 saturated carbocycles. The Balaban J connectivity index is 1.03. The molecule has 6 nitrogen and oxygen atoms in total. The zero-order valence-electron chi connectivity index (χ0n) is 29.3. The fraction of sp³-hybridized carbons (Fsp3) is 0. The largest absolute Gasteiger partial charge is 0.455 e. The van der Waals surface area contributed by atoms with E-state index in [0.717, 1.165) is 78.7 Å². The summed E-state index contributed by atoms with van der Waals surface area (Å²) in [5, 5.41) is 3.28. The zero-order chi connectivity index (χ0) is 36.5. The Bertz CT molecular complexity index is 3170. The molecule has 0 unspecified atom stereocenters. The van der Waals surface area contributed by atoms with E-state index in [1.165, 1.54) is 0 Å². The van der Waals surface area contributed by atoms with E-state index in [1.807, 2.05) is 97.1 Å². The molecule has 11 rings (SSSR count). The van der Waals surface area contributed by atoms with Gasteiger partial charge in [-0.05, 0) is 84.4 Å². The highest BCUT2D eigenvalue weighted by atomic mass is 16.5. The predicted octanol–water partition coefficient (Wildman–Crippen LogP) is 13.6. The van der Waals surface area contributed by atoms with Crippen LogP contribution in [0, 0.1) is 0 Å². The lowest BCUT2D eigenvalue weighted by atomic mass is 10.0. The molecule has 0 N–H and O–H groups in total. The summed E-state index contributed by atoms with van der Waals surface area (Å²) in [7, 11) is 0. The molecule has 0 spiro atoms. The van der Waals surface area contributed by atoms with Gasteiger partial charge in [0, 0.05) is 33.8 Å². The molecule has 3 heterocycles. The van der Waals surface area contributed by atoms with Gasteiger partial charge in [-0.2, -0.15) is 0 Å². The maximum absolute atomic E-state index is 13.4. The van der Waals surface area contributed by atoms with Gasteiger partial charge in [-0.25, -0.2) is 0 Å². The van der Waals surface area contributed by atoms with E-state index < -0.39 is 0 Å². The Morgan fingerprint density at radius 2 is 1.11 bits per heavy atom. The quantitative estimate of drug-likeness (QED) is 0.166. The number of benzene rings is 8. The van der Waals surface area contributed by atoms with E-state index in [1.54, 1.807) is 0 Å². The molecule has 0 fully saturated rings. The smallest absolute Gasteiger partial charge is 0.200 e. The Morgan fingerprint density at radius 3 is 1.96 bits per heavy atom. The molecule has 0 saturated heterocycles. The summed E-state index contributed by atoms with van der Waals surface area (Å²) in [5.41, 5.74) is 10.3. The first kappa shape index (κ1) is 31.0. The summed E-state index contributed by atoms with van der Waals surface area (Å²) in [6, 6.07) is 60.7. The Kier molecular flexibility index (Phi) is 6.91. The average Bonchev–Trinajstić information content (AvgIpc) is 3.63. The van der Waals surface area contributed by atoms with Crippen LogP contribution in [0.3, 0.4) is 0 Å². The molecule has 2 aromatic heterocycles. The van der Waals surface area contributed by atoms with Crippen molar-refractivity contribution in [2.75, 3.05) is 9.80 Å². The van der Waals surface area contributed by atoms with Crippen LogP contribution in [0.2, 0.25) is 0 Å². The standard InChI is InChI=1S/C49H30N2O4/c52-47-38-15-5-8-22-44(38)54-48-35(16-10-18-39(47)48)31-24-26-33(27-25-31)51-40-19-6-9-23-45(40)53-46-30-34(28-29-41(46)51)50(32-12-2-1-3-13-32)42-20-11-17-37-36-14-4-7-21-43(36)55-49(37)42/h1-30H. The fourth-order valence-electron chi connectivity index (χ4n) is 7.92. The van der Waals surface area contributed by atoms with Gasteiger partial charge in [0.1, 0.15) is 16.7 Å². The van der Waals surface area contributed by atoms with Crippen molar-refractivity contribution in [3.8, 4) is 22.6 Å². The van der Waals surface area contributed by atoms with E-state index in [4.69, 9.17) is 13.6 Å². The summed E-state index contributed by atoms with van der Waals surface area (Å²) in [4.78, 5) is 17.9. The highest BCUT2D eigenvalue weighted by Gasteiger charge is 2.28. The molecule has 6 heteroatoms. The summed E-state index contributed by atoms with van der Waals surface area (Å²) in [6.45, 7) is 0. The van der Waals surface area contributed by atoms with E-state index in [9.17, 15) is 4.79 Å². The number of furan rings is 1. The van der Waals surface area contributed by atoms with Gasteiger partial charge in [0.05, 0.1) is 33.5 Å². The lowest BCUT2D eigenvalue weighted by Crippen LogP contribution is -2.17. The minimum Gasteiger partial charge on any atom is -0.455 e. The summed E-state index contributed by atoms with van der Waals surface area (Å²) in [5.74, 6) is 1.48. The summed E-state index contributed by atoms with van der Waals surface area (Å²) >= 11 is 0. The molecular formula is C49H30N2O4. The molecule has 55 heavy (non-hydrogen) atoms. The lowest BCUT2D eigenvalue weighted by molar-refractivity contribution is 0.477. The highest BCUT2D eigenvalue weighted by molar-refractivity contribution is 6.10. The fourth-order valence-corrected chi connectivity index (χ4v) is 7.92. The first-order valence-electron chi connectivity index (χ1n) is 18.2. The molecule has 0 bridgehead atoms.